The van der Waals surface area contributed by atoms with Crippen LogP contribution in [0.25, 0.3) is 0 Å². The number of oxime groups is 1. The first-order valence-electron chi connectivity index (χ1n) is 8.35. The van der Waals surface area contributed by atoms with Crippen LogP contribution in [0.4, 0.5) is 13.2 Å². The van der Waals surface area contributed by atoms with Gasteiger partial charge in [0.25, 0.3) is 0 Å². The maximum absolute atomic E-state index is 12.6. The van der Waals surface area contributed by atoms with E-state index in [0.29, 0.717) is 17.5 Å². The zero-order valence-corrected chi connectivity index (χ0v) is 15.8. The Hall–Kier alpha value is -3.59. The van der Waals surface area contributed by atoms with E-state index in [-0.39, 0.29) is 22.3 Å². The van der Waals surface area contributed by atoms with Crippen LogP contribution in [0, 0.1) is 0 Å². The molecule has 0 amide bonds. The number of nitrogens with two attached hydrogens (primary N) is 1. The molecule has 3 rings (SSSR count). The summed E-state index contributed by atoms with van der Waals surface area (Å²) in [4.78, 5) is 20.4. The number of hydrogen-bond acceptors (Lipinski definition) is 5. The highest BCUT2D eigenvalue weighted by molar-refractivity contribution is 6.33. The summed E-state index contributed by atoms with van der Waals surface area (Å²) < 4.78 is 43.1. The molecule has 2 N–H and O–H groups in total. The van der Waals surface area contributed by atoms with Crippen molar-refractivity contribution in [3.8, 4) is 11.6 Å². The van der Waals surface area contributed by atoms with Crippen molar-refractivity contribution >= 4 is 23.4 Å². The number of rotatable bonds is 5. The Bertz CT molecular complexity index is 1070. The van der Waals surface area contributed by atoms with E-state index < -0.39 is 17.7 Å². The number of hydrogen-bond donors (Lipinski definition) is 1. The van der Waals surface area contributed by atoms with E-state index in [1.54, 1.807) is 12.1 Å². The minimum absolute atomic E-state index is 0.00828. The fraction of sp³-hybridized carbons (Fsp3) is 0.0500. The van der Waals surface area contributed by atoms with Gasteiger partial charge in [-0.2, -0.15) is 13.2 Å². The number of nitrogens with zero attached hydrogens (tertiary/aromatic N) is 2. The topological polar surface area (TPSA) is 86.8 Å². The Kier molecular flexibility index (Phi) is 6.22. The largest absolute Gasteiger partial charge is 0.439 e. The van der Waals surface area contributed by atoms with Gasteiger partial charge in [0.15, 0.2) is 5.84 Å². The van der Waals surface area contributed by atoms with Gasteiger partial charge in [0.05, 0.1) is 16.1 Å². The van der Waals surface area contributed by atoms with E-state index in [1.165, 1.54) is 36.4 Å². The molecule has 0 aliphatic rings. The van der Waals surface area contributed by atoms with Crippen LogP contribution < -0.4 is 10.5 Å². The fourth-order valence-electron chi connectivity index (χ4n) is 2.24. The second-order valence-corrected chi connectivity index (χ2v) is 6.25. The van der Waals surface area contributed by atoms with Crippen LogP contribution in [-0.4, -0.2) is 16.8 Å². The van der Waals surface area contributed by atoms with E-state index in [1.807, 2.05) is 0 Å². The summed E-state index contributed by atoms with van der Waals surface area (Å²) in [6.45, 7) is 0. The average molecular weight is 436 g/mol. The van der Waals surface area contributed by atoms with Gasteiger partial charge in [-0.3, -0.25) is 0 Å². The zero-order valence-electron chi connectivity index (χ0n) is 15.1. The number of amidine groups is 1. The van der Waals surface area contributed by atoms with Gasteiger partial charge in [0.1, 0.15) is 5.75 Å². The maximum atomic E-state index is 12.6. The third-order valence-corrected chi connectivity index (χ3v) is 4.09. The van der Waals surface area contributed by atoms with Crippen molar-refractivity contribution in [3.63, 3.8) is 0 Å². The summed E-state index contributed by atoms with van der Waals surface area (Å²) >= 11 is 5.91. The van der Waals surface area contributed by atoms with Crippen LogP contribution in [0.15, 0.2) is 72.0 Å². The number of aromatic nitrogens is 1. The number of pyridine rings is 1. The Labute approximate surface area is 173 Å². The molecule has 0 spiro atoms. The highest BCUT2D eigenvalue weighted by atomic mass is 35.5. The van der Waals surface area contributed by atoms with Crippen molar-refractivity contribution in [2.24, 2.45) is 10.9 Å². The zero-order chi connectivity index (χ0) is 21.7. The highest BCUT2D eigenvalue weighted by Gasteiger charge is 2.30. The third kappa shape index (κ3) is 5.26. The molecule has 1 heterocycles. The van der Waals surface area contributed by atoms with Crippen molar-refractivity contribution in [1.29, 1.82) is 0 Å². The minimum Gasteiger partial charge on any atom is -0.439 e. The molecular weight excluding hydrogens is 423 g/mol. The molecule has 0 fully saturated rings. The minimum atomic E-state index is -4.47. The van der Waals surface area contributed by atoms with Crippen molar-refractivity contribution in [2.75, 3.05) is 0 Å². The molecule has 1 aromatic heterocycles. The maximum Gasteiger partial charge on any atom is 0.417 e. The number of halogens is 4. The van der Waals surface area contributed by atoms with Crippen molar-refractivity contribution in [1.82, 2.24) is 4.98 Å². The quantitative estimate of drug-likeness (QED) is 0.263. The van der Waals surface area contributed by atoms with E-state index >= 15 is 0 Å². The second-order valence-electron chi connectivity index (χ2n) is 5.84. The number of carbonyl (C=O) groups excluding carboxylic acids is 1. The standard InChI is InChI=1S/C20H13ClF3N3O3/c21-16-4-2-1-3-15(16)19(28)30-27-18(25)12-5-8-14(9-6-12)29-17-10-7-13(11-26-17)20(22,23)24/h1-11H,(H2,25,27). The molecule has 0 unspecified atom stereocenters. The van der Waals surface area contributed by atoms with Crippen LogP contribution in [0.5, 0.6) is 11.6 Å². The Morgan fingerprint density at radius 2 is 1.73 bits per heavy atom. The number of ether oxygens (including phenoxy) is 1. The molecule has 0 aliphatic carbocycles. The van der Waals surface area contributed by atoms with Gasteiger partial charge in [0.2, 0.25) is 5.88 Å². The van der Waals surface area contributed by atoms with Crippen LogP contribution in [0.3, 0.4) is 0 Å². The van der Waals surface area contributed by atoms with Crippen molar-refractivity contribution < 1.29 is 27.5 Å². The van der Waals surface area contributed by atoms with Crippen LogP contribution in [0.1, 0.15) is 21.5 Å². The first kappa shape index (κ1) is 21.1. The summed E-state index contributed by atoms with van der Waals surface area (Å²) in [5, 5.41) is 3.80. The van der Waals surface area contributed by atoms with E-state index in [2.05, 4.69) is 10.1 Å². The highest BCUT2D eigenvalue weighted by Crippen LogP contribution is 2.30. The predicted octanol–water partition coefficient (Wildman–Crippen LogP) is 5.02. The normalized spacial score (nSPS) is 11.8. The molecule has 30 heavy (non-hydrogen) atoms. The monoisotopic (exact) mass is 435 g/mol. The van der Waals surface area contributed by atoms with E-state index in [4.69, 9.17) is 26.9 Å². The van der Waals surface area contributed by atoms with Crippen LogP contribution in [-0.2, 0) is 11.0 Å². The van der Waals surface area contributed by atoms with Gasteiger partial charge in [0, 0.05) is 17.8 Å². The lowest BCUT2D eigenvalue weighted by Gasteiger charge is -2.08. The van der Waals surface area contributed by atoms with Crippen LogP contribution in [0.2, 0.25) is 5.02 Å². The predicted molar refractivity (Wildman–Crippen MR) is 103 cm³/mol. The summed E-state index contributed by atoms with van der Waals surface area (Å²) in [5.74, 6) is -0.538. The van der Waals surface area contributed by atoms with Crippen LogP contribution >= 0.6 is 11.6 Å². The van der Waals surface area contributed by atoms with Gasteiger partial charge in [-0.05, 0) is 42.5 Å². The lowest BCUT2D eigenvalue weighted by atomic mass is 10.2. The molecule has 0 aliphatic heterocycles. The van der Waals surface area contributed by atoms with Crippen molar-refractivity contribution in [3.05, 3.63) is 88.6 Å². The SMILES string of the molecule is N/C(=N/OC(=O)c1ccccc1Cl)c1ccc(Oc2ccc(C(F)(F)F)cn2)cc1. The van der Waals surface area contributed by atoms with E-state index in [0.717, 1.165) is 12.1 Å². The molecule has 0 saturated carbocycles. The lowest BCUT2D eigenvalue weighted by Crippen LogP contribution is -2.15. The molecule has 0 bridgehead atoms. The first-order valence-corrected chi connectivity index (χ1v) is 8.73. The molecule has 10 heteroatoms. The smallest absolute Gasteiger partial charge is 0.417 e. The van der Waals surface area contributed by atoms with Gasteiger partial charge >= 0.3 is 12.1 Å². The third-order valence-electron chi connectivity index (χ3n) is 3.76. The molecule has 0 atom stereocenters. The van der Waals surface area contributed by atoms with E-state index in [9.17, 15) is 18.0 Å². The Balaban J connectivity index is 1.64. The number of carbonyl (C=O) groups is 1. The van der Waals surface area contributed by atoms with Gasteiger partial charge < -0.3 is 15.3 Å². The molecule has 154 valence electrons. The Morgan fingerprint density at radius 1 is 1.03 bits per heavy atom. The second kappa shape index (κ2) is 8.83. The number of alkyl halides is 3. The first-order chi connectivity index (χ1) is 14.2. The molecular formula is C20H13ClF3N3O3. The molecule has 0 saturated heterocycles. The van der Waals surface area contributed by atoms with Gasteiger partial charge in [-0.1, -0.05) is 28.9 Å². The summed E-state index contributed by atoms with van der Waals surface area (Å²) in [6.07, 6.45) is -3.79. The van der Waals surface area contributed by atoms with Crippen molar-refractivity contribution in [2.45, 2.75) is 6.18 Å². The summed E-state index contributed by atoms with van der Waals surface area (Å²) in [7, 11) is 0. The summed E-state index contributed by atoms with van der Waals surface area (Å²) in [6, 6.07) is 14.4. The molecule has 2 aromatic carbocycles. The summed E-state index contributed by atoms with van der Waals surface area (Å²) in [5.41, 5.74) is 5.49. The number of benzene rings is 2. The molecule has 6 nitrogen and oxygen atoms in total. The Morgan fingerprint density at radius 3 is 2.33 bits per heavy atom. The average Bonchev–Trinajstić information content (AvgIpc) is 2.72. The lowest BCUT2D eigenvalue weighted by molar-refractivity contribution is -0.137. The molecule has 3 aromatic rings. The van der Waals surface area contributed by atoms with Gasteiger partial charge in [-0.25, -0.2) is 9.78 Å². The fourth-order valence-corrected chi connectivity index (χ4v) is 2.45. The molecule has 0 radical (unpaired) electrons. The van der Waals surface area contributed by atoms with Gasteiger partial charge in [-0.15, -0.1) is 0 Å².